The van der Waals surface area contributed by atoms with E-state index in [9.17, 15) is 14.4 Å². The minimum absolute atomic E-state index is 0.0442. The first kappa shape index (κ1) is 18.2. The average molecular weight is 370 g/mol. The lowest BCUT2D eigenvalue weighted by atomic mass is 9.55. The van der Waals surface area contributed by atoms with Crippen molar-refractivity contribution >= 4 is 17.7 Å². The Morgan fingerprint density at radius 1 is 1.19 bits per heavy atom. The van der Waals surface area contributed by atoms with Crippen LogP contribution in [0.3, 0.4) is 0 Å². The minimum Gasteiger partial charge on any atom is -0.481 e. The molecule has 1 aromatic rings. The van der Waals surface area contributed by atoms with E-state index in [1.807, 2.05) is 12.1 Å². The second-order valence-electron chi connectivity index (χ2n) is 8.87. The molecule has 0 amide bonds. The van der Waals surface area contributed by atoms with Gasteiger partial charge in [0.1, 0.15) is 5.78 Å². The van der Waals surface area contributed by atoms with Gasteiger partial charge < -0.3 is 10.2 Å². The van der Waals surface area contributed by atoms with Crippen LogP contribution in [0.25, 0.3) is 0 Å². The second kappa shape index (κ2) is 6.47. The number of hydrogen-bond donors (Lipinski definition) is 2. The number of carbonyl (C=O) groups is 3. The highest BCUT2D eigenvalue weighted by molar-refractivity contribution is 5.92. The van der Waals surface area contributed by atoms with Crippen molar-refractivity contribution in [2.45, 2.75) is 57.8 Å². The smallest absolute Gasteiger partial charge is 0.307 e. The summed E-state index contributed by atoms with van der Waals surface area (Å²) in [6.07, 6.45) is 4.40. The fourth-order valence-corrected chi connectivity index (χ4v) is 6.25. The number of rotatable bonds is 4. The predicted molar refractivity (Wildman–Crippen MR) is 98.5 cm³/mol. The summed E-state index contributed by atoms with van der Waals surface area (Å²) in [4.78, 5) is 35.1. The van der Waals surface area contributed by atoms with E-state index in [4.69, 9.17) is 10.2 Å². The average Bonchev–Trinajstić information content (AvgIpc) is 2.85. The van der Waals surface area contributed by atoms with Gasteiger partial charge in [0, 0.05) is 11.3 Å². The SMILES string of the molecule is C[C@]12CC[C@@H]3c4ccc(CC(=O)O)cc4CC[C@H]3[C@@H]1C[C@@H](CC(=O)O)C2=O. The van der Waals surface area contributed by atoms with Crippen LogP contribution in [-0.4, -0.2) is 27.9 Å². The van der Waals surface area contributed by atoms with Gasteiger partial charge in [0.2, 0.25) is 0 Å². The zero-order valence-electron chi connectivity index (χ0n) is 15.6. The van der Waals surface area contributed by atoms with E-state index in [0.717, 1.165) is 31.2 Å². The molecule has 0 bridgehead atoms. The van der Waals surface area contributed by atoms with Crippen LogP contribution < -0.4 is 0 Å². The number of fused-ring (bicyclic) bond motifs is 5. The first-order valence-corrected chi connectivity index (χ1v) is 9.89. The number of ketones is 1. The molecular weight excluding hydrogens is 344 g/mol. The molecule has 0 unspecified atom stereocenters. The van der Waals surface area contributed by atoms with E-state index in [1.54, 1.807) is 0 Å². The number of aryl methyl sites for hydroxylation is 1. The normalized spacial score (nSPS) is 34.5. The van der Waals surface area contributed by atoms with Gasteiger partial charge in [-0.05, 0) is 66.5 Å². The molecule has 0 spiro atoms. The lowest BCUT2D eigenvalue weighted by molar-refractivity contribution is -0.141. The summed E-state index contributed by atoms with van der Waals surface area (Å²) in [6, 6.07) is 6.06. The number of benzene rings is 1. The fourth-order valence-electron chi connectivity index (χ4n) is 6.25. The highest BCUT2D eigenvalue weighted by Crippen LogP contribution is 2.61. The highest BCUT2D eigenvalue weighted by Gasteiger charge is 2.58. The number of carboxylic acids is 2. The third-order valence-electron chi connectivity index (χ3n) is 7.43. The molecule has 2 N–H and O–H groups in total. The Bertz CT molecular complexity index is 813. The van der Waals surface area contributed by atoms with Gasteiger partial charge in [0.15, 0.2) is 0 Å². The lowest BCUT2D eigenvalue weighted by Crippen LogP contribution is -2.42. The monoisotopic (exact) mass is 370 g/mol. The molecule has 5 atom stereocenters. The van der Waals surface area contributed by atoms with Crippen molar-refractivity contribution in [3.8, 4) is 0 Å². The standard InChI is InChI=1S/C22H26O5/c1-22-7-6-16-15-4-2-12(9-19(23)24)8-13(15)3-5-17(16)18(22)10-14(21(22)27)11-20(25)26/h2,4,8,14,16-18H,3,5-7,9-11H2,1H3,(H,23,24)(H,25,26)/t14-,16+,17+,18-,22-/m0/s1. The highest BCUT2D eigenvalue weighted by atomic mass is 16.4. The molecule has 27 heavy (non-hydrogen) atoms. The van der Waals surface area contributed by atoms with Crippen LogP contribution in [-0.2, 0) is 27.2 Å². The van der Waals surface area contributed by atoms with E-state index in [1.165, 1.54) is 11.1 Å². The van der Waals surface area contributed by atoms with E-state index >= 15 is 0 Å². The summed E-state index contributed by atoms with van der Waals surface area (Å²) in [5.74, 6) is -0.781. The quantitative estimate of drug-likeness (QED) is 0.847. The van der Waals surface area contributed by atoms with Crippen LogP contribution in [0.5, 0.6) is 0 Å². The van der Waals surface area contributed by atoms with Gasteiger partial charge in [-0.15, -0.1) is 0 Å². The number of aliphatic carboxylic acids is 2. The molecule has 0 radical (unpaired) electrons. The Hall–Kier alpha value is -2.17. The van der Waals surface area contributed by atoms with Gasteiger partial charge in [0.25, 0.3) is 0 Å². The Labute approximate surface area is 158 Å². The molecule has 0 saturated heterocycles. The maximum Gasteiger partial charge on any atom is 0.307 e. The summed E-state index contributed by atoms with van der Waals surface area (Å²) < 4.78 is 0. The van der Waals surface area contributed by atoms with Crippen LogP contribution in [0.2, 0.25) is 0 Å². The molecule has 5 nitrogen and oxygen atoms in total. The fraction of sp³-hybridized carbons (Fsp3) is 0.591. The van der Waals surface area contributed by atoms with Gasteiger partial charge in [-0.25, -0.2) is 0 Å². The van der Waals surface area contributed by atoms with Crippen molar-refractivity contribution in [1.82, 2.24) is 0 Å². The Morgan fingerprint density at radius 2 is 1.96 bits per heavy atom. The maximum absolute atomic E-state index is 12.9. The molecule has 1 aromatic carbocycles. The van der Waals surface area contributed by atoms with E-state index in [0.29, 0.717) is 18.3 Å². The summed E-state index contributed by atoms with van der Waals surface area (Å²) in [7, 11) is 0. The van der Waals surface area contributed by atoms with Crippen molar-refractivity contribution in [2.75, 3.05) is 0 Å². The van der Waals surface area contributed by atoms with E-state index in [2.05, 4.69) is 13.0 Å². The number of hydrogen-bond acceptors (Lipinski definition) is 3. The van der Waals surface area contributed by atoms with Crippen LogP contribution in [0.4, 0.5) is 0 Å². The van der Waals surface area contributed by atoms with Crippen molar-refractivity contribution in [2.24, 2.45) is 23.2 Å². The third-order valence-corrected chi connectivity index (χ3v) is 7.43. The van der Waals surface area contributed by atoms with Crippen LogP contribution in [0.15, 0.2) is 18.2 Å². The largest absolute Gasteiger partial charge is 0.481 e. The number of carbonyl (C=O) groups excluding carboxylic acids is 1. The van der Waals surface area contributed by atoms with Crippen molar-refractivity contribution in [3.63, 3.8) is 0 Å². The number of carboxylic acid groups (broad SMARTS) is 2. The lowest BCUT2D eigenvalue weighted by Gasteiger charge is -2.48. The Balaban J connectivity index is 1.61. The number of Topliss-reactive ketones (excluding diaryl/α,β-unsaturated/α-hetero) is 1. The molecule has 0 heterocycles. The molecule has 3 aliphatic carbocycles. The van der Waals surface area contributed by atoms with Crippen molar-refractivity contribution in [1.29, 1.82) is 0 Å². The van der Waals surface area contributed by atoms with Gasteiger partial charge in [-0.2, -0.15) is 0 Å². The molecule has 3 aliphatic rings. The Morgan fingerprint density at radius 3 is 2.67 bits per heavy atom. The first-order valence-electron chi connectivity index (χ1n) is 9.89. The summed E-state index contributed by atoms with van der Waals surface area (Å²) in [6.45, 7) is 2.06. The van der Waals surface area contributed by atoms with Crippen molar-refractivity contribution in [3.05, 3.63) is 34.9 Å². The molecular formula is C22H26O5. The molecule has 0 aliphatic heterocycles. The molecule has 2 saturated carbocycles. The summed E-state index contributed by atoms with van der Waals surface area (Å²) in [5, 5.41) is 18.2. The van der Waals surface area contributed by atoms with Gasteiger partial charge >= 0.3 is 11.9 Å². The van der Waals surface area contributed by atoms with Crippen LogP contribution >= 0.6 is 0 Å². The molecule has 0 aromatic heterocycles. The second-order valence-corrected chi connectivity index (χ2v) is 8.87. The topological polar surface area (TPSA) is 91.7 Å². The first-order chi connectivity index (χ1) is 12.8. The van der Waals surface area contributed by atoms with E-state index in [-0.39, 0.29) is 35.9 Å². The summed E-state index contributed by atoms with van der Waals surface area (Å²) >= 11 is 0. The predicted octanol–water partition coefficient (Wildman–Crippen LogP) is 3.44. The van der Waals surface area contributed by atoms with Gasteiger partial charge in [0.05, 0.1) is 12.8 Å². The van der Waals surface area contributed by atoms with Crippen molar-refractivity contribution < 1.29 is 24.6 Å². The molecule has 4 rings (SSSR count). The minimum atomic E-state index is -0.882. The van der Waals surface area contributed by atoms with Crippen LogP contribution in [0, 0.1) is 23.2 Å². The van der Waals surface area contributed by atoms with Crippen LogP contribution in [0.1, 0.15) is 61.6 Å². The third kappa shape index (κ3) is 2.97. The maximum atomic E-state index is 12.9. The zero-order valence-corrected chi connectivity index (χ0v) is 15.6. The Kier molecular flexibility index (Phi) is 4.36. The van der Waals surface area contributed by atoms with Gasteiger partial charge in [-0.3, -0.25) is 14.4 Å². The van der Waals surface area contributed by atoms with E-state index < -0.39 is 11.9 Å². The zero-order chi connectivity index (χ0) is 19.3. The van der Waals surface area contributed by atoms with Gasteiger partial charge in [-0.1, -0.05) is 25.1 Å². The molecule has 144 valence electrons. The molecule has 2 fully saturated rings. The summed E-state index contributed by atoms with van der Waals surface area (Å²) in [5.41, 5.74) is 3.04. The molecule has 5 heteroatoms.